The van der Waals surface area contributed by atoms with E-state index in [0.717, 1.165) is 16.5 Å². The Morgan fingerprint density at radius 3 is 2.47 bits per heavy atom. The topological polar surface area (TPSA) is 149 Å². The highest BCUT2D eigenvalue weighted by Crippen LogP contribution is 2.32. The first-order valence-corrected chi connectivity index (χ1v) is 11.3. The van der Waals surface area contributed by atoms with Crippen LogP contribution in [-0.2, 0) is 21.1 Å². The van der Waals surface area contributed by atoms with E-state index in [-0.39, 0.29) is 15.6 Å². The minimum Gasteiger partial charge on any atom is -0.383 e. The Hall–Kier alpha value is -3.18. The van der Waals surface area contributed by atoms with E-state index in [2.05, 4.69) is 9.97 Å². The molecule has 2 heterocycles. The van der Waals surface area contributed by atoms with Gasteiger partial charge in [0.2, 0.25) is 10.0 Å². The van der Waals surface area contributed by atoms with Crippen LogP contribution >= 0.6 is 0 Å². The van der Waals surface area contributed by atoms with E-state index in [0.29, 0.717) is 16.6 Å². The molecule has 0 saturated carbocycles. The number of anilines is 1. The van der Waals surface area contributed by atoms with Crippen molar-refractivity contribution in [1.29, 1.82) is 0 Å². The molecule has 0 aliphatic carbocycles. The van der Waals surface area contributed by atoms with Crippen LogP contribution in [-0.4, -0.2) is 27.1 Å². The zero-order valence-electron chi connectivity index (χ0n) is 15.4. The van der Waals surface area contributed by atoms with Crippen molar-refractivity contribution in [3.05, 3.63) is 67.0 Å². The third-order valence-electron chi connectivity index (χ3n) is 4.61. The molecule has 4 rings (SSSR count). The van der Waals surface area contributed by atoms with E-state index in [1.807, 2.05) is 18.2 Å². The molecule has 1 unspecified atom stereocenters. The number of nitrogens with zero attached hydrogens (tertiary/aromatic N) is 2. The van der Waals surface area contributed by atoms with Crippen LogP contribution in [0.5, 0.6) is 0 Å². The van der Waals surface area contributed by atoms with Gasteiger partial charge in [0.25, 0.3) is 0 Å². The Kier molecular flexibility index (Phi) is 5.08. The predicted octanol–water partition coefficient (Wildman–Crippen LogP) is 2.77. The number of hydrogen-bond acceptors (Lipinski definition) is 6. The fraction of sp³-hybridized carbons (Fsp3) is 0. The molecule has 0 amide bonds. The van der Waals surface area contributed by atoms with Crippen molar-refractivity contribution >= 4 is 37.8 Å². The molecular weight excluding hydrogens is 424 g/mol. The van der Waals surface area contributed by atoms with Gasteiger partial charge in [-0.2, -0.15) is 0 Å². The van der Waals surface area contributed by atoms with Crippen molar-refractivity contribution in [2.75, 3.05) is 5.73 Å². The van der Waals surface area contributed by atoms with Crippen LogP contribution in [0, 0.1) is 0 Å². The molecule has 0 spiro atoms. The van der Waals surface area contributed by atoms with Gasteiger partial charge in [-0.3, -0.25) is 4.98 Å². The molecule has 10 heteroatoms. The van der Waals surface area contributed by atoms with Gasteiger partial charge in [0, 0.05) is 23.3 Å². The molecule has 5 N–H and O–H groups in total. The van der Waals surface area contributed by atoms with Gasteiger partial charge in [-0.05, 0) is 53.1 Å². The smallest absolute Gasteiger partial charge is 0.241 e. The zero-order chi connectivity index (χ0) is 21.5. The standard InChI is InChI=1S/C20H16N4O4S2/c21-20-19(30(22,27)28)10-14(11-24-20)12-4-5-18-17(9-12)16(6-7-23-18)13-2-1-3-15(8-13)29(25)26/h1-11H,(H2,21,24)(H,25,26)(H2,22,27,28). The predicted molar refractivity (Wildman–Crippen MR) is 115 cm³/mol. The van der Waals surface area contributed by atoms with Crippen LogP contribution in [0.1, 0.15) is 0 Å². The van der Waals surface area contributed by atoms with Crippen molar-refractivity contribution in [3.8, 4) is 22.3 Å². The number of nitrogen functional groups attached to an aromatic ring is 1. The summed E-state index contributed by atoms with van der Waals surface area (Å²) in [6.07, 6.45) is 3.13. The highest BCUT2D eigenvalue weighted by molar-refractivity contribution is 7.89. The van der Waals surface area contributed by atoms with E-state index < -0.39 is 21.1 Å². The van der Waals surface area contributed by atoms with Crippen molar-refractivity contribution < 1.29 is 17.2 Å². The Morgan fingerprint density at radius 2 is 1.73 bits per heavy atom. The number of rotatable bonds is 4. The summed E-state index contributed by atoms with van der Waals surface area (Å²) in [6.45, 7) is 0. The van der Waals surface area contributed by atoms with Crippen molar-refractivity contribution in [1.82, 2.24) is 9.97 Å². The lowest BCUT2D eigenvalue weighted by Gasteiger charge is -2.10. The second-order valence-corrected chi connectivity index (χ2v) is 9.02. The zero-order valence-corrected chi connectivity index (χ0v) is 17.0. The van der Waals surface area contributed by atoms with Crippen LogP contribution in [0.3, 0.4) is 0 Å². The molecule has 152 valence electrons. The van der Waals surface area contributed by atoms with E-state index in [1.54, 1.807) is 36.5 Å². The number of benzene rings is 2. The third kappa shape index (κ3) is 3.81. The van der Waals surface area contributed by atoms with Crippen LogP contribution in [0.2, 0.25) is 0 Å². The minimum absolute atomic E-state index is 0.168. The lowest BCUT2D eigenvalue weighted by atomic mass is 9.98. The van der Waals surface area contributed by atoms with Crippen LogP contribution < -0.4 is 10.9 Å². The normalized spacial score (nSPS) is 12.7. The van der Waals surface area contributed by atoms with Gasteiger partial charge >= 0.3 is 0 Å². The summed E-state index contributed by atoms with van der Waals surface area (Å²) in [5.74, 6) is -0.168. The molecule has 4 aromatic rings. The molecule has 0 bridgehead atoms. The van der Waals surface area contributed by atoms with E-state index >= 15 is 0 Å². The SMILES string of the molecule is Nc1ncc(-c2ccc3nccc(-c4cccc(S(=O)O)c4)c3c2)cc1S(N)(=O)=O. The van der Waals surface area contributed by atoms with Crippen LogP contribution in [0.4, 0.5) is 5.82 Å². The van der Waals surface area contributed by atoms with Gasteiger partial charge in [-0.25, -0.2) is 22.7 Å². The molecule has 0 aliphatic rings. The van der Waals surface area contributed by atoms with Crippen molar-refractivity contribution in [2.24, 2.45) is 5.14 Å². The van der Waals surface area contributed by atoms with Gasteiger partial charge in [0.15, 0.2) is 11.1 Å². The number of aromatic nitrogens is 2. The largest absolute Gasteiger partial charge is 0.383 e. The summed E-state index contributed by atoms with van der Waals surface area (Å²) < 4.78 is 44.4. The maximum atomic E-state index is 11.8. The van der Waals surface area contributed by atoms with Gasteiger partial charge in [0.05, 0.1) is 10.4 Å². The number of hydrogen-bond donors (Lipinski definition) is 3. The maximum Gasteiger partial charge on any atom is 0.241 e. The first kappa shape index (κ1) is 20.1. The monoisotopic (exact) mass is 440 g/mol. The average molecular weight is 441 g/mol. The second kappa shape index (κ2) is 7.58. The first-order valence-electron chi connectivity index (χ1n) is 8.63. The number of sulfonamides is 1. The molecule has 30 heavy (non-hydrogen) atoms. The number of pyridine rings is 2. The highest BCUT2D eigenvalue weighted by atomic mass is 32.2. The summed E-state index contributed by atoms with van der Waals surface area (Å²) in [6, 6.07) is 15.4. The molecule has 0 aliphatic heterocycles. The Labute approximate surface area is 174 Å². The Bertz CT molecular complexity index is 1420. The summed E-state index contributed by atoms with van der Waals surface area (Å²) in [5, 5.41) is 6.01. The highest BCUT2D eigenvalue weighted by Gasteiger charge is 2.16. The third-order valence-corrected chi connectivity index (χ3v) is 6.21. The molecule has 0 saturated heterocycles. The summed E-state index contributed by atoms with van der Waals surface area (Å²) in [4.78, 5) is 8.37. The van der Waals surface area contributed by atoms with E-state index in [9.17, 15) is 17.2 Å². The number of fused-ring (bicyclic) bond motifs is 1. The van der Waals surface area contributed by atoms with Crippen LogP contribution in [0.15, 0.2) is 76.8 Å². The molecule has 8 nitrogen and oxygen atoms in total. The summed E-state index contributed by atoms with van der Waals surface area (Å²) in [7, 11) is -4.02. The average Bonchev–Trinajstić information content (AvgIpc) is 2.72. The first-order chi connectivity index (χ1) is 14.2. The summed E-state index contributed by atoms with van der Waals surface area (Å²) in [5.41, 5.74) is 9.14. The lowest BCUT2D eigenvalue weighted by molar-refractivity contribution is 0.564. The quantitative estimate of drug-likeness (QED) is 0.413. The van der Waals surface area contributed by atoms with Crippen molar-refractivity contribution in [3.63, 3.8) is 0 Å². The molecule has 0 radical (unpaired) electrons. The van der Waals surface area contributed by atoms with E-state index in [4.69, 9.17) is 10.9 Å². The fourth-order valence-corrected chi connectivity index (χ4v) is 4.25. The second-order valence-electron chi connectivity index (χ2n) is 6.52. The summed E-state index contributed by atoms with van der Waals surface area (Å²) >= 11 is -2.10. The van der Waals surface area contributed by atoms with Gasteiger partial charge in [-0.15, -0.1) is 0 Å². The number of nitrogens with two attached hydrogens (primary N) is 2. The number of primary sulfonamides is 1. The van der Waals surface area contributed by atoms with E-state index in [1.165, 1.54) is 12.3 Å². The minimum atomic E-state index is -4.02. The molecule has 2 aromatic carbocycles. The van der Waals surface area contributed by atoms with Gasteiger partial charge in [0.1, 0.15) is 10.7 Å². The van der Waals surface area contributed by atoms with Gasteiger partial charge < -0.3 is 10.3 Å². The maximum absolute atomic E-state index is 11.8. The molecular formula is C20H16N4O4S2. The van der Waals surface area contributed by atoms with Gasteiger partial charge in [-0.1, -0.05) is 18.2 Å². The lowest BCUT2D eigenvalue weighted by Crippen LogP contribution is -2.15. The fourth-order valence-electron chi connectivity index (χ4n) is 3.19. The Morgan fingerprint density at radius 1 is 0.933 bits per heavy atom. The Balaban J connectivity index is 1.91. The molecule has 0 fully saturated rings. The van der Waals surface area contributed by atoms with Crippen LogP contribution in [0.25, 0.3) is 33.2 Å². The molecule has 1 atom stereocenters. The van der Waals surface area contributed by atoms with Crippen molar-refractivity contribution in [2.45, 2.75) is 9.79 Å². The molecule has 2 aromatic heterocycles.